The Morgan fingerprint density at radius 3 is 2.16 bits per heavy atom. The van der Waals surface area contributed by atoms with Crippen LogP contribution in [0.2, 0.25) is 0 Å². The summed E-state index contributed by atoms with van der Waals surface area (Å²) in [5, 5.41) is 5.87. The van der Waals surface area contributed by atoms with Crippen LogP contribution in [0.5, 0.6) is 0 Å². The van der Waals surface area contributed by atoms with Crippen molar-refractivity contribution in [3.05, 3.63) is 35.9 Å². The molecule has 58 heavy (non-hydrogen) atoms. The predicted molar refractivity (Wildman–Crippen MR) is 213 cm³/mol. The third kappa shape index (κ3) is 17.1. The molecule has 2 saturated heterocycles. The second kappa shape index (κ2) is 24.7. The number of thiocarbonyl (C=S) groups is 1. The lowest BCUT2D eigenvalue weighted by molar-refractivity contribution is -0.277. The summed E-state index contributed by atoms with van der Waals surface area (Å²) in [6, 6.07) is 7.21. The number of carbonyl (C=O) groups excluding carboxylic acids is 5. The number of benzene rings is 1. The van der Waals surface area contributed by atoms with Crippen molar-refractivity contribution in [2.75, 3.05) is 33.5 Å². The lowest BCUT2D eigenvalue weighted by Gasteiger charge is -2.44. The number of ether oxygens (including phenoxy) is 8. The summed E-state index contributed by atoms with van der Waals surface area (Å²) in [7, 11) is 7.54. The van der Waals surface area contributed by atoms with Crippen molar-refractivity contribution in [2.45, 2.75) is 115 Å². The molecule has 3 N–H and O–H groups in total. The van der Waals surface area contributed by atoms with Crippen molar-refractivity contribution in [1.82, 2.24) is 10.6 Å². The number of esters is 3. The van der Waals surface area contributed by atoms with Crippen LogP contribution in [-0.2, 0) is 84.5 Å². The Morgan fingerprint density at radius 2 is 1.52 bits per heavy atom. The Balaban J connectivity index is 1.48. The number of carbonyl (C=O) groups is 5. The van der Waals surface area contributed by atoms with E-state index in [0.717, 1.165) is 19.4 Å². The minimum Gasteiger partial charge on any atom is -0.463 e. The van der Waals surface area contributed by atoms with Crippen LogP contribution in [0, 0.1) is 5.92 Å². The third-order valence-corrected chi connectivity index (χ3v) is 10.8. The quantitative estimate of drug-likeness (QED) is 0.0381. The van der Waals surface area contributed by atoms with Gasteiger partial charge >= 0.3 is 30.8 Å². The van der Waals surface area contributed by atoms with Crippen LogP contribution in [0.4, 0.5) is 4.79 Å². The van der Waals surface area contributed by atoms with Gasteiger partial charge in [-0.15, -0.1) is 0 Å². The van der Waals surface area contributed by atoms with E-state index in [1.54, 1.807) is 12.1 Å². The van der Waals surface area contributed by atoms with E-state index in [1.165, 1.54) is 21.0 Å². The van der Waals surface area contributed by atoms with Gasteiger partial charge in [0.2, 0.25) is 5.91 Å². The molecule has 3 rings (SSSR count). The maximum atomic E-state index is 12.3. The van der Waals surface area contributed by atoms with E-state index in [1.807, 2.05) is 18.2 Å². The number of rotatable bonds is 22. The van der Waals surface area contributed by atoms with Crippen LogP contribution in [0.1, 0.15) is 65.4 Å². The molecule has 22 heteroatoms. The molecule has 2 aliphatic heterocycles. The fourth-order valence-corrected chi connectivity index (χ4v) is 7.46. The van der Waals surface area contributed by atoms with Gasteiger partial charge in [0.25, 0.3) is 0 Å². The Labute approximate surface area is 349 Å². The Hall–Kier alpha value is -3.27. The zero-order valence-electron chi connectivity index (χ0n) is 33.1. The average Bonchev–Trinajstić information content (AvgIpc) is 3.44. The summed E-state index contributed by atoms with van der Waals surface area (Å²) in [4.78, 5) is 71.1. The highest BCUT2D eigenvalue weighted by Gasteiger charge is 2.51. The first-order valence-corrected chi connectivity index (χ1v) is 21.6. The molecule has 0 saturated carbocycles. The topological polar surface area (TPSA) is 222 Å². The van der Waals surface area contributed by atoms with Gasteiger partial charge in [-0.05, 0) is 49.5 Å². The van der Waals surface area contributed by atoms with Gasteiger partial charge in [-0.1, -0.05) is 42.5 Å². The summed E-state index contributed by atoms with van der Waals surface area (Å²) in [6.07, 6.45) is -4.58. The first-order chi connectivity index (χ1) is 27.5. The number of hydrogen-bond acceptors (Lipinski definition) is 17. The number of nitrogens with one attached hydrogen (secondary N) is 2. The largest absolute Gasteiger partial charge is 0.508 e. The van der Waals surface area contributed by atoms with Gasteiger partial charge in [0.05, 0.1) is 4.99 Å². The molecule has 0 aliphatic carbocycles. The molecule has 2 radical (unpaired) electrons. The molecule has 322 valence electrons. The molecule has 2 unspecified atom stereocenters. The molecule has 0 aromatic heterocycles. The third-order valence-electron chi connectivity index (χ3n) is 8.78. The molecular formula is C36H52BN2O16PS2. The maximum Gasteiger partial charge on any atom is 0.508 e. The van der Waals surface area contributed by atoms with Crippen LogP contribution in [0.25, 0.3) is 0 Å². The highest BCUT2D eigenvalue weighted by atomic mass is 32.5. The maximum absolute atomic E-state index is 12.3. The fourth-order valence-electron chi connectivity index (χ4n) is 6.23. The Bertz CT molecular complexity index is 1580. The normalized spacial score (nSPS) is 26.3. The Kier molecular flexibility index (Phi) is 20.9. The van der Waals surface area contributed by atoms with Crippen molar-refractivity contribution < 1.29 is 75.8 Å². The molecule has 2 aliphatic rings. The van der Waals surface area contributed by atoms with Gasteiger partial charge in [0.15, 0.2) is 18.5 Å². The SMILES string of the molecule is [B][C@@H]1O[C@H](COC(=O)OCc2ccccc2)C(OP(O)(=S)OC)[C@@H]1CCCNC(=S)CCCCO[C@@H]1O[C@H](COC(C)=O)[C@H](OC(C)=O)[C@H](OC(C)=O)[C@H]1NC(C)=O. The van der Waals surface area contributed by atoms with Crippen LogP contribution in [0.15, 0.2) is 30.3 Å². The molecule has 18 nitrogen and oxygen atoms in total. The van der Waals surface area contributed by atoms with Crippen LogP contribution < -0.4 is 10.6 Å². The number of hydrogen-bond donors (Lipinski definition) is 3. The minimum absolute atomic E-state index is 0.0212. The van der Waals surface area contributed by atoms with E-state index >= 15 is 0 Å². The standard InChI is InChI=1S/C36H52BN2O16PS2/c1-21(40)39-30-33(52-24(4)43)32(51-23(3)42)28(19-48-22(2)41)54-35(30)47-17-10-9-15-29(57)38-16-11-14-26-31(55-56(45,58)46-5)27(53-34(26)37)20-50-36(44)49-18-25-12-7-6-8-13-25/h6-8,12-13,26-28,30-35H,9-11,14-20H2,1-5H3,(H,38,57)(H,39,40)(H,45,58)/t26-,27+,28+,30+,31?,32-,33+,34+,35+,56?/m0/s1. The van der Waals surface area contributed by atoms with Crippen molar-refractivity contribution in [3.8, 4) is 0 Å². The van der Waals surface area contributed by atoms with Gasteiger partial charge in [-0.2, -0.15) is 0 Å². The highest BCUT2D eigenvalue weighted by Crippen LogP contribution is 2.48. The molecule has 1 aromatic rings. The van der Waals surface area contributed by atoms with Crippen LogP contribution in [-0.4, -0.2) is 130 Å². The molecule has 2 heterocycles. The van der Waals surface area contributed by atoms with Crippen molar-refractivity contribution in [2.24, 2.45) is 5.92 Å². The lowest BCUT2D eigenvalue weighted by atomic mass is 9.82. The summed E-state index contributed by atoms with van der Waals surface area (Å²) in [5.41, 5.74) is 0.786. The molecule has 1 aromatic carbocycles. The van der Waals surface area contributed by atoms with E-state index in [4.69, 9.17) is 78.8 Å². The number of unbranched alkanes of at least 4 members (excludes halogenated alkanes) is 1. The molecule has 1 amide bonds. The molecular weight excluding hydrogens is 822 g/mol. The van der Waals surface area contributed by atoms with Gasteiger partial charge < -0.3 is 62.5 Å². The van der Waals surface area contributed by atoms with E-state index < -0.39 is 91.5 Å². The smallest absolute Gasteiger partial charge is 0.463 e. The van der Waals surface area contributed by atoms with Crippen molar-refractivity contribution in [1.29, 1.82) is 0 Å². The first kappa shape index (κ1) is 49.1. The second-order valence-corrected chi connectivity index (χ2v) is 16.8. The Morgan fingerprint density at radius 1 is 0.862 bits per heavy atom. The van der Waals surface area contributed by atoms with E-state index in [-0.39, 0.29) is 26.4 Å². The second-order valence-electron chi connectivity index (χ2n) is 13.4. The zero-order valence-corrected chi connectivity index (χ0v) is 35.6. The molecule has 0 spiro atoms. The van der Waals surface area contributed by atoms with E-state index in [0.29, 0.717) is 43.6 Å². The van der Waals surface area contributed by atoms with Crippen LogP contribution >= 0.6 is 18.9 Å². The van der Waals surface area contributed by atoms with E-state index in [9.17, 15) is 28.9 Å². The van der Waals surface area contributed by atoms with Crippen molar-refractivity contribution >= 4 is 73.5 Å². The predicted octanol–water partition coefficient (Wildman–Crippen LogP) is 2.64. The summed E-state index contributed by atoms with van der Waals surface area (Å²) >= 11 is 10.6. The molecule has 2 fully saturated rings. The highest BCUT2D eigenvalue weighted by molar-refractivity contribution is 8.07. The summed E-state index contributed by atoms with van der Waals surface area (Å²) in [6.45, 7) is 1.18. The van der Waals surface area contributed by atoms with Gasteiger partial charge in [0.1, 0.15) is 52.0 Å². The number of amides is 1. The molecule has 0 bridgehead atoms. The minimum atomic E-state index is -3.65. The van der Waals surface area contributed by atoms with Crippen LogP contribution in [0.3, 0.4) is 0 Å². The van der Waals surface area contributed by atoms with Gasteiger partial charge in [-0.3, -0.25) is 19.2 Å². The fraction of sp³-hybridized carbons (Fsp3) is 0.667. The lowest BCUT2D eigenvalue weighted by Crippen LogP contribution is -2.66. The van der Waals surface area contributed by atoms with Crippen molar-refractivity contribution in [3.63, 3.8) is 0 Å². The average molecular weight is 875 g/mol. The first-order valence-electron chi connectivity index (χ1n) is 18.6. The zero-order chi connectivity index (χ0) is 42.8. The summed E-state index contributed by atoms with van der Waals surface area (Å²) in [5.74, 6) is -2.95. The van der Waals surface area contributed by atoms with Gasteiger partial charge in [0, 0.05) is 59.9 Å². The van der Waals surface area contributed by atoms with Gasteiger partial charge in [-0.25, -0.2) is 4.79 Å². The van der Waals surface area contributed by atoms with E-state index in [2.05, 4.69) is 10.6 Å². The monoisotopic (exact) mass is 874 g/mol. The molecule has 10 atom stereocenters. The summed E-state index contributed by atoms with van der Waals surface area (Å²) < 4.78 is 55.1.